The summed E-state index contributed by atoms with van der Waals surface area (Å²) >= 11 is 1.52. The summed E-state index contributed by atoms with van der Waals surface area (Å²) in [6.45, 7) is 3.11. The molecule has 0 amide bonds. The van der Waals surface area contributed by atoms with Gasteiger partial charge in [0.05, 0.1) is 4.90 Å². The fourth-order valence-corrected chi connectivity index (χ4v) is 3.35. The molecule has 2 heterocycles. The smallest absolute Gasteiger partial charge is 0.241 e. The maximum Gasteiger partial charge on any atom is 0.241 e. The van der Waals surface area contributed by atoms with Gasteiger partial charge in [-0.3, -0.25) is 0 Å². The quantitative estimate of drug-likeness (QED) is 0.824. The molecule has 2 N–H and O–H groups in total. The second-order valence-electron chi connectivity index (χ2n) is 4.21. The first-order chi connectivity index (χ1) is 9.62. The Kier molecular flexibility index (Phi) is 5.11. The second-order valence-corrected chi connectivity index (χ2v) is 7.01. The van der Waals surface area contributed by atoms with E-state index in [2.05, 4.69) is 15.0 Å². The lowest BCUT2D eigenvalue weighted by Gasteiger charge is -2.08. The van der Waals surface area contributed by atoms with Crippen molar-refractivity contribution in [1.29, 1.82) is 0 Å². The van der Waals surface area contributed by atoms with Crippen molar-refractivity contribution in [2.24, 2.45) is 0 Å². The van der Waals surface area contributed by atoms with Crippen molar-refractivity contribution < 1.29 is 8.42 Å². The van der Waals surface area contributed by atoms with Gasteiger partial charge in [-0.1, -0.05) is 13.0 Å². The molecule has 0 unspecified atom stereocenters. The van der Waals surface area contributed by atoms with E-state index in [0.717, 1.165) is 17.8 Å². The zero-order chi connectivity index (χ0) is 14.4. The SMILES string of the molecule is CCCNc1cc(S(=O)(=O)NCc2cccs2)ccn1. The van der Waals surface area contributed by atoms with Gasteiger partial charge in [-0.2, -0.15) is 0 Å². The Bertz CT molecular complexity index is 639. The molecule has 0 bridgehead atoms. The molecule has 0 aromatic carbocycles. The first-order valence-corrected chi connectivity index (χ1v) is 8.70. The number of nitrogens with one attached hydrogen (secondary N) is 2. The summed E-state index contributed by atoms with van der Waals surface area (Å²) < 4.78 is 27.0. The number of anilines is 1. The van der Waals surface area contributed by atoms with Gasteiger partial charge in [0.15, 0.2) is 0 Å². The van der Waals surface area contributed by atoms with E-state index >= 15 is 0 Å². The first kappa shape index (κ1) is 15.0. The minimum Gasteiger partial charge on any atom is -0.370 e. The molecule has 0 radical (unpaired) electrons. The van der Waals surface area contributed by atoms with Crippen molar-refractivity contribution in [3.63, 3.8) is 0 Å². The molecule has 0 aliphatic heterocycles. The lowest BCUT2D eigenvalue weighted by Crippen LogP contribution is -2.23. The Morgan fingerprint density at radius 1 is 1.35 bits per heavy atom. The molecule has 0 aliphatic carbocycles. The van der Waals surface area contributed by atoms with Crippen LogP contribution in [0.3, 0.4) is 0 Å². The van der Waals surface area contributed by atoms with Crippen LogP contribution in [0.25, 0.3) is 0 Å². The monoisotopic (exact) mass is 311 g/mol. The highest BCUT2D eigenvalue weighted by atomic mass is 32.2. The predicted molar refractivity (Wildman–Crippen MR) is 81.4 cm³/mol. The molecule has 0 atom stereocenters. The molecular formula is C13H17N3O2S2. The highest BCUT2D eigenvalue weighted by molar-refractivity contribution is 7.89. The zero-order valence-corrected chi connectivity index (χ0v) is 12.8. The van der Waals surface area contributed by atoms with Crippen molar-refractivity contribution in [2.45, 2.75) is 24.8 Å². The Labute approximate surface area is 123 Å². The second kappa shape index (κ2) is 6.83. The molecule has 0 fully saturated rings. The van der Waals surface area contributed by atoms with Crippen molar-refractivity contribution in [3.8, 4) is 0 Å². The third-order valence-electron chi connectivity index (χ3n) is 2.61. The van der Waals surface area contributed by atoms with Crippen LogP contribution in [0.4, 0.5) is 5.82 Å². The number of nitrogens with zero attached hydrogens (tertiary/aromatic N) is 1. The number of sulfonamides is 1. The average Bonchev–Trinajstić information content (AvgIpc) is 2.97. The molecule has 5 nitrogen and oxygen atoms in total. The summed E-state index contributed by atoms with van der Waals surface area (Å²) in [5.74, 6) is 0.575. The average molecular weight is 311 g/mol. The molecule has 0 aliphatic rings. The van der Waals surface area contributed by atoms with Gasteiger partial charge >= 0.3 is 0 Å². The fourth-order valence-electron chi connectivity index (χ4n) is 1.59. The maximum atomic E-state index is 12.2. The van der Waals surface area contributed by atoms with E-state index < -0.39 is 10.0 Å². The van der Waals surface area contributed by atoms with Crippen LogP contribution in [0.15, 0.2) is 40.7 Å². The summed E-state index contributed by atoms with van der Waals surface area (Å²) in [4.78, 5) is 5.30. The highest BCUT2D eigenvalue weighted by Gasteiger charge is 2.14. The van der Waals surface area contributed by atoms with Gasteiger partial charge in [-0.25, -0.2) is 18.1 Å². The lowest BCUT2D eigenvalue weighted by molar-refractivity contribution is 0.581. The third kappa shape index (κ3) is 4.03. The summed E-state index contributed by atoms with van der Waals surface area (Å²) in [6.07, 6.45) is 2.45. The fraction of sp³-hybridized carbons (Fsp3) is 0.308. The number of rotatable bonds is 7. The van der Waals surface area contributed by atoms with Crippen molar-refractivity contribution >= 4 is 27.2 Å². The highest BCUT2D eigenvalue weighted by Crippen LogP contribution is 2.14. The Morgan fingerprint density at radius 2 is 2.20 bits per heavy atom. The number of aromatic nitrogens is 1. The van der Waals surface area contributed by atoms with Crippen LogP contribution in [-0.4, -0.2) is 19.9 Å². The van der Waals surface area contributed by atoms with E-state index in [4.69, 9.17) is 0 Å². The number of hydrogen-bond acceptors (Lipinski definition) is 5. The minimum absolute atomic E-state index is 0.225. The standard InChI is InChI=1S/C13H17N3O2S2/c1-2-6-14-13-9-12(5-7-15-13)20(17,18)16-10-11-4-3-8-19-11/h3-5,7-9,16H,2,6,10H2,1H3,(H,14,15). The molecule has 2 rings (SSSR count). The number of pyridine rings is 1. The van der Waals surface area contributed by atoms with Crippen LogP contribution in [0.5, 0.6) is 0 Å². The first-order valence-electron chi connectivity index (χ1n) is 6.34. The van der Waals surface area contributed by atoms with Gasteiger partial charge in [0, 0.05) is 30.2 Å². The Balaban J connectivity index is 2.08. The van der Waals surface area contributed by atoms with E-state index in [1.54, 1.807) is 6.07 Å². The van der Waals surface area contributed by atoms with Gasteiger partial charge in [-0.05, 0) is 23.9 Å². The van der Waals surface area contributed by atoms with Crippen LogP contribution >= 0.6 is 11.3 Å². The van der Waals surface area contributed by atoms with Crippen molar-refractivity contribution in [1.82, 2.24) is 9.71 Å². The number of hydrogen-bond donors (Lipinski definition) is 2. The summed E-state index contributed by atoms with van der Waals surface area (Å²) in [7, 11) is -3.51. The van der Waals surface area contributed by atoms with Crippen LogP contribution in [0.1, 0.15) is 18.2 Å². The summed E-state index contributed by atoms with van der Waals surface area (Å²) in [6, 6.07) is 6.84. The summed E-state index contributed by atoms with van der Waals surface area (Å²) in [5.41, 5.74) is 0. The molecule has 2 aromatic rings. The molecule has 0 spiro atoms. The van der Waals surface area contributed by atoms with Crippen molar-refractivity contribution in [3.05, 3.63) is 40.7 Å². The Morgan fingerprint density at radius 3 is 2.90 bits per heavy atom. The van der Waals surface area contributed by atoms with E-state index in [0.29, 0.717) is 12.4 Å². The van der Waals surface area contributed by atoms with E-state index in [9.17, 15) is 8.42 Å². The van der Waals surface area contributed by atoms with E-state index in [-0.39, 0.29) is 4.90 Å². The largest absolute Gasteiger partial charge is 0.370 e. The van der Waals surface area contributed by atoms with E-state index in [1.165, 1.54) is 23.6 Å². The molecule has 2 aromatic heterocycles. The minimum atomic E-state index is -3.51. The van der Waals surface area contributed by atoms with Gasteiger partial charge in [-0.15, -0.1) is 11.3 Å². The van der Waals surface area contributed by atoms with Crippen LogP contribution in [-0.2, 0) is 16.6 Å². The van der Waals surface area contributed by atoms with Gasteiger partial charge in [0.2, 0.25) is 10.0 Å². The number of thiophene rings is 1. The summed E-state index contributed by atoms with van der Waals surface area (Å²) in [5, 5.41) is 4.99. The molecule has 108 valence electrons. The topological polar surface area (TPSA) is 71.1 Å². The molecule has 7 heteroatoms. The van der Waals surface area contributed by atoms with Crippen molar-refractivity contribution in [2.75, 3.05) is 11.9 Å². The van der Waals surface area contributed by atoms with Gasteiger partial charge in [0.1, 0.15) is 5.82 Å². The van der Waals surface area contributed by atoms with E-state index in [1.807, 2.05) is 24.4 Å². The molecule has 0 saturated heterocycles. The third-order valence-corrected chi connectivity index (χ3v) is 4.89. The molecule has 0 saturated carbocycles. The van der Waals surface area contributed by atoms with Crippen LogP contribution in [0, 0.1) is 0 Å². The van der Waals surface area contributed by atoms with Crippen LogP contribution < -0.4 is 10.0 Å². The Hall–Kier alpha value is -1.44. The van der Waals surface area contributed by atoms with Gasteiger partial charge in [0.25, 0.3) is 0 Å². The normalized spacial score (nSPS) is 11.4. The molecular weight excluding hydrogens is 294 g/mol. The van der Waals surface area contributed by atoms with Crippen LogP contribution in [0.2, 0.25) is 0 Å². The van der Waals surface area contributed by atoms with Gasteiger partial charge < -0.3 is 5.32 Å². The maximum absolute atomic E-state index is 12.2. The zero-order valence-electron chi connectivity index (χ0n) is 11.2. The predicted octanol–water partition coefficient (Wildman–Crippen LogP) is 2.44. The lowest BCUT2D eigenvalue weighted by atomic mass is 10.4. The molecule has 20 heavy (non-hydrogen) atoms.